The molecular weight excluding hydrogens is 233 g/mol. The lowest BCUT2D eigenvalue weighted by Crippen LogP contribution is -2.45. The molecule has 0 bridgehead atoms. The smallest absolute Gasteiger partial charge is 0.224 e. The Labute approximate surface area is 106 Å². The van der Waals surface area contributed by atoms with Gasteiger partial charge in [0.25, 0.3) is 0 Å². The lowest BCUT2D eigenvalue weighted by Gasteiger charge is -2.28. The molecule has 1 fully saturated rings. The van der Waals surface area contributed by atoms with E-state index in [0.29, 0.717) is 0 Å². The average molecular weight is 251 g/mol. The third kappa shape index (κ3) is 3.53. The van der Waals surface area contributed by atoms with Crippen molar-refractivity contribution in [2.45, 2.75) is 44.2 Å². The minimum absolute atomic E-state index is 0.118. The predicted octanol–water partition coefficient (Wildman–Crippen LogP) is 1.79. The first-order valence-electron chi connectivity index (χ1n) is 6.37. The summed E-state index contributed by atoms with van der Waals surface area (Å²) in [6.07, 6.45) is 3.43. The first kappa shape index (κ1) is 13.0. The summed E-state index contributed by atoms with van der Waals surface area (Å²) in [6.45, 7) is 0. The molecule has 1 aromatic carbocycles. The quantitative estimate of drug-likeness (QED) is 0.860. The van der Waals surface area contributed by atoms with Gasteiger partial charge >= 0.3 is 0 Å². The normalized spacial score (nSPS) is 23.7. The second kappa shape index (κ2) is 5.96. The molecule has 1 saturated carbocycles. The number of halogens is 1. The molecule has 2 N–H and O–H groups in total. The van der Waals surface area contributed by atoms with Gasteiger partial charge in [-0.25, -0.2) is 4.39 Å². The number of carbonyl (C=O) groups is 1. The van der Waals surface area contributed by atoms with Crippen molar-refractivity contribution in [2.24, 2.45) is 0 Å². The second-order valence-electron chi connectivity index (χ2n) is 4.83. The number of amides is 1. The molecule has 0 aromatic heterocycles. The molecule has 0 radical (unpaired) electrons. The van der Waals surface area contributed by atoms with Crippen LogP contribution in [0.2, 0.25) is 0 Å². The molecule has 1 aliphatic carbocycles. The van der Waals surface area contributed by atoms with Crippen molar-refractivity contribution in [1.82, 2.24) is 5.32 Å². The van der Waals surface area contributed by atoms with Crippen molar-refractivity contribution >= 4 is 5.91 Å². The zero-order valence-corrected chi connectivity index (χ0v) is 10.2. The maximum absolute atomic E-state index is 12.7. The highest BCUT2D eigenvalue weighted by molar-refractivity contribution is 5.78. The van der Waals surface area contributed by atoms with E-state index in [-0.39, 0.29) is 24.2 Å². The van der Waals surface area contributed by atoms with E-state index in [9.17, 15) is 14.3 Å². The van der Waals surface area contributed by atoms with E-state index in [1.165, 1.54) is 12.1 Å². The zero-order valence-electron chi connectivity index (χ0n) is 10.2. The van der Waals surface area contributed by atoms with E-state index in [0.717, 1.165) is 31.2 Å². The van der Waals surface area contributed by atoms with E-state index in [1.807, 2.05) is 0 Å². The molecule has 98 valence electrons. The van der Waals surface area contributed by atoms with Crippen molar-refractivity contribution in [3.8, 4) is 0 Å². The van der Waals surface area contributed by atoms with Gasteiger partial charge in [-0.3, -0.25) is 4.79 Å². The van der Waals surface area contributed by atoms with Gasteiger partial charge in [0.2, 0.25) is 5.91 Å². The average Bonchev–Trinajstić information content (AvgIpc) is 2.35. The molecule has 0 spiro atoms. The van der Waals surface area contributed by atoms with Crippen molar-refractivity contribution in [3.05, 3.63) is 35.6 Å². The lowest BCUT2D eigenvalue weighted by atomic mass is 9.92. The molecule has 1 aliphatic rings. The third-order valence-corrected chi connectivity index (χ3v) is 3.35. The summed E-state index contributed by atoms with van der Waals surface area (Å²) < 4.78 is 12.7. The fourth-order valence-electron chi connectivity index (χ4n) is 2.33. The summed E-state index contributed by atoms with van der Waals surface area (Å²) in [6, 6.07) is 5.76. The van der Waals surface area contributed by atoms with Crippen LogP contribution in [0.5, 0.6) is 0 Å². The summed E-state index contributed by atoms with van der Waals surface area (Å²) in [5.41, 5.74) is 0.777. The molecule has 1 aromatic rings. The molecule has 0 saturated heterocycles. The van der Waals surface area contributed by atoms with E-state index in [4.69, 9.17) is 0 Å². The Morgan fingerprint density at radius 2 is 1.94 bits per heavy atom. The molecule has 0 aliphatic heterocycles. The van der Waals surface area contributed by atoms with Gasteiger partial charge in [0.1, 0.15) is 5.82 Å². The molecule has 3 nitrogen and oxygen atoms in total. The number of benzene rings is 1. The zero-order chi connectivity index (χ0) is 13.0. The minimum Gasteiger partial charge on any atom is -0.391 e. The van der Waals surface area contributed by atoms with Crippen LogP contribution < -0.4 is 5.32 Å². The fourth-order valence-corrected chi connectivity index (χ4v) is 2.33. The van der Waals surface area contributed by atoms with Gasteiger partial charge in [0.05, 0.1) is 18.6 Å². The second-order valence-corrected chi connectivity index (χ2v) is 4.83. The molecule has 2 atom stereocenters. The molecule has 0 unspecified atom stereocenters. The number of aliphatic hydroxyl groups is 1. The standard InChI is InChI=1S/C14H18FNO2/c15-11-7-5-10(6-8-11)9-14(18)16-12-3-1-2-4-13(12)17/h5-8,12-13,17H,1-4,9H2,(H,16,18)/t12-,13-/m0/s1. The highest BCUT2D eigenvalue weighted by atomic mass is 19.1. The Kier molecular flexibility index (Phi) is 4.31. The van der Waals surface area contributed by atoms with E-state index < -0.39 is 6.10 Å². The summed E-state index contributed by atoms with van der Waals surface area (Å²) in [7, 11) is 0. The maximum Gasteiger partial charge on any atom is 0.224 e. The Hall–Kier alpha value is -1.42. The Balaban J connectivity index is 1.86. The molecule has 0 heterocycles. The van der Waals surface area contributed by atoms with Crippen LogP contribution in [0.25, 0.3) is 0 Å². The highest BCUT2D eigenvalue weighted by Crippen LogP contribution is 2.18. The van der Waals surface area contributed by atoms with Crippen LogP contribution in [0.3, 0.4) is 0 Å². The van der Waals surface area contributed by atoms with Gasteiger partial charge in [0, 0.05) is 0 Å². The maximum atomic E-state index is 12.7. The van der Waals surface area contributed by atoms with Gasteiger partial charge in [0.15, 0.2) is 0 Å². The lowest BCUT2D eigenvalue weighted by molar-refractivity contribution is -0.122. The van der Waals surface area contributed by atoms with Crippen molar-refractivity contribution < 1.29 is 14.3 Å². The monoisotopic (exact) mass is 251 g/mol. The van der Waals surface area contributed by atoms with Crippen LogP contribution in [0.4, 0.5) is 4.39 Å². The van der Waals surface area contributed by atoms with Crippen LogP contribution in [-0.4, -0.2) is 23.2 Å². The molecular formula is C14H18FNO2. The molecule has 18 heavy (non-hydrogen) atoms. The Morgan fingerprint density at radius 3 is 2.61 bits per heavy atom. The molecule has 2 rings (SSSR count). The number of hydrogen-bond acceptors (Lipinski definition) is 2. The number of hydrogen-bond donors (Lipinski definition) is 2. The first-order valence-corrected chi connectivity index (χ1v) is 6.37. The van der Waals surface area contributed by atoms with Gasteiger partial charge in [-0.15, -0.1) is 0 Å². The van der Waals surface area contributed by atoms with Gasteiger partial charge in [-0.1, -0.05) is 25.0 Å². The number of nitrogens with one attached hydrogen (secondary N) is 1. The third-order valence-electron chi connectivity index (χ3n) is 3.35. The predicted molar refractivity (Wildman–Crippen MR) is 66.5 cm³/mol. The van der Waals surface area contributed by atoms with Gasteiger partial charge in [-0.2, -0.15) is 0 Å². The van der Waals surface area contributed by atoms with Crippen LogP contribution in [0, 0.1) is 5.82 Å². The SMILES string of the molecule is O=C(Cc1ccc(F)cc1)N[C@H]1CCCC[C@@H]1O. The molecule has 4 heteroatoms. The Bertz CT molecular complexity index is 405. The summed E-state index contributed by atoms with van der Waals surface area (Å²) in [4.78, 5) is 11.8. The van der Waals surface area contributed by atoms with Crippen molar-refractivity contribution in [2.75, 3.05) is 0 Å². The summed E-state index contributed by atoms with van der Waals surface area (Å²) in [5.74, 6) is -0.422. The fraction of sp³-hybridized carbons (Fsp3) is 0.500. The largest absolute Gasteiger partial charge is 0.391 e. The minimum atomic E-state index is -0.434. The number of aliphatic hydroxyl groups excluding tert-OH is 1. The van der Waals surface area contributed by atoms with E-state index in [2.05, 4.69) is 5.32 Å². The van der Waals surface area contributed by atoms with Crippen molar-refractivity contribution in [3.63, 3.8) is 0 Å². The van der Waals surface area contributed by atoms with Crippen LogP contribution >= 0.6 is 0 Å². The van der Waals surface area contributed by atoms with Gasteiger partial charge < -0.3 is 10.4 Å². The number of rotatable bonds is 3. The van der Waals surface area contributed by atoms with E-state index in [1.54, 1.807) is 12.1 Å². The van der Waals surface area contributed by atoms with Crippen molar-refractivity contribution in [1.29, 1.82) is 0 Å². The summed E-state index contributed by atoms with van der Waals surface area (Å²) in [5, 5.41) is 12.6. The van der Waals surface area contributed by atoms with Crippen LogP contribution in [-0.2, 0) is 11.2 Å². The van der Waals surface area contributed by atoms with Gasteiger partial charge in [-0.05, 0) is 30.5 Å². The molecule has 1 amide bonds. The topological polar surface area (TPSA) is 49.3 Å². The first-order chi connectivity index (χ1) is 8.65. The van der Waals surface area contributed by atoms with E-state index >= 15 is 0 Å². The Morgan fingerprint density at radius 1 is 1.28 bits per heavy atom. The summed E-state index contributed by atoms with van der Waals surface area (Å²) >= 11 is 0. The van der Waals surface area contributed by atoms with Crippen LogP contribution in [0.1, 0.15) is 31.2 Å². The highest BCUT2D eigenvalue weighted by Gasteiger charge is 2.24. The number of carbonyl (C=O) groups excluding carboxylic acids is 1. The van der Waals surface area contributed by atoms with Crippen LogP contribution in [0.15, 0.2) is 24.3 Å².